The van der Waals surface area contributed by atoms with Crippen LogP contribution in [0.4, 0.5) is 0 Å². The number of hydrogen-bond donors (Lipinski definition) is 0. The number of methoxy groups -OCH3 is 1. The van der Waals surface area contributed by atoms with E-state index in [0.29, 0.717) is 24.7 Å². The van der Waals surface area contributed by atoms with Crippen LogP contribution in [0.25, 0.3) is 0 Å². The Morgan fingerprint density at radius 2 is 1.90 bits per heavy atom. The van der Waals surface area contributed by atoms with Gasteiger partial charge in [-0.3, -0.25) is 14.4 Å². The van der Waals surface area contributed by atoms with E-state index in [9.17, 15) is 14.4 Å². The first kappa shape index (κ1) is 19.1. The molecule has 0 bridgehead atoms. The molecule has 1 spiro atoms. The van der Waals surface area contributed by atoms with Gasteiger partial charge in [-0.15, -0.1) is 0 Å². The molecule has 3 saturated carbocycles. The molecule has 0 aromatic carbocycles. The third-order valence-corrected chi connectivity index (χ3v) is 9.45. The number of esters is 2. The van der Waals surface area contributed by atoms with E-state index in [2.05, 4.69) is 19.9 Å². The number of hydrogen-bond acceptors (Lipinski definition) is 5. The van der Waals surface area contributed by atoms with Gasteiger partial charge in [-0.05, 0) is 68.4 Å². The molecule has 0 amide bonds. The van der Waals surface area contributed by atoms with Crippen molar-refractivity contribution in [3.8, 4) is 0 Å². The summed E-state index contributed by atoms with van der Waals surface area (Å²) in [6.07, 6.45) is 11.2. The molecule has 5 nitrogen and oxygen atoms in total. The van der Waals surface area contributed by atoms with Crippen molar-refractivity contribution in [2.24, 2.45) is 34.5 Å². The van der Waals surface area contributed by atoms with Crippen LogP contribution in [0.1, 0.15) is 58.8 Å². The van der Waals surface area contributed by atoms with E-state index in [1.165, 1.54) is 7.11 Å². The molecule has 0 aromatic heterocycles. The van der Waals surface area contributed by atoms with Crippen molar-refractivity contribution in [1.82, 2.24) is 0 Å². The maximum Gasteiger partial charge on any atom is 0.309 e. The molecule has 0 N–H and O–H groups in total. The molecule has 0 radical (unpaired) electrons. The first-order valence-corrected chi connectivity index (χ1v) is 11.0. The van der Waals surface area contributed by atoms with Gasteiger partial charge in [0, 0.05) is 17.3 Å². The fourth-order valence-electron chi connectivity index (χ4n) is 7.89. The molecule has 0 aromatic rings. The van der Waals surface area contributed by atoms with Crippen LogP contribution in [0.2, 0.25) is 0 Å². The van der Waals surface area contributed by atoms with Gasteiger partial charge in [0.05, 0.1) is 13.0 Å². The molecule has 1 aliphatic heterocycles. The zero-order valence-corrected chi connectivity index (χ0v) is 17.5. The molecule has 5 heteroatoms. The molecule has 156 valence electrons. The van der Waals surface area contributed by atoms with Gasteiger partial charge >= 0.3 is 11.9 Å². The molecule has 4 aliphatic carbocycles. The fourth-order valence-corrected chi connectivity index (χ4v) is 7.89. The second kappa shape index (κ2) is 6.05. The van der Waals surface area contributed by atoms with Gasteiger partial charge in [-0.25, -0.2) is 0 Å². The smallest absolute Gasteiger partial charge is 0.309 e. The van der Waals surface area contributed by atoms with E-state index >= 15 is 0 Å². The predicted octanol–water partition coefficient (Wildman–Crippen LogP) is 3.77. The summed E-state index contributed by atoms with van der Waals surface area (Å²) in [6.45, 7) is 4.53. The number of carbonyl (C=O) groups is 3. The summed E-state index contributed by atoms with van der Waals surface area (Å²) in [4.78, 5) is 37.0. The molecule has 29 heavy (non-hydrogen) atoms. The van der Waals surface area contributed by atoms with Crippen molar-refractivity contribution in [2.45, 2.75) is 64.4 Å². The summed E-state index contributed by atoms with van der Waals surface area (Å²) in [5.41, 5.74) is 0.422. The second-order valence-corrected chi connectivity index (χ2v) is 10.3. The van der Waals surface area contributed by atoms with E-state index in [1.54, 1.807) is 12.2 Å². The lowest BCUT2D eigenvalue weighted by molar-refractivity contribution is -0.175. The number of ether oxygens (including phenoxy) is 2. The maximum atomic E-state index is 12.9. The first-order valence-electron chi connectivity index (χ1n) is 11.0. The minimum atomic E-state index is -0.365. The SMILES string of the molecule is COC(=O)C1CC2=CC(=O)C=C[C@]2(C)[C@H]2CC[C@@]3(C)[C@H](CC[C@@]34CCC(=O)O4)[C@H]12. The van der Waals surface area contributed by atoms with Crippen LogP contribution in [0, 0.1) is 34.5 Å². The van der Waals surface area contributed by atoms with Crippen molar-refractivity contribution < 1.29 is 23.9 Å². The fraction of sp³-hybridized carbons (Fsp3) is 0.708. The van der Waals surface area contributed by atoms with Crippen LogP contribution in [0.3, 0.4) is 0 Å². The van der Waals surface area contributed by atoms with Crippen LogP contribution in [-0.4, -0.2) is 30.4 Å². The topological polar surface area (TPSA) is 69.7 Å². The lowest BCUT2D eigenvalue weighted by Gasteiger charge is -2.59. The van der Waals surface area contributed by atoms with Crippen molar-refractivity contribution in [2.75, 3.05) is 7.11 Å². The second-order valence-electron chi connectivity index (χ2n) is 10.3. The Labute approximate surface area is 171 Å². The average Bonchev–Trinajstić information content (AvgIpc) is 3.22. The van der Waals surface area contributed by atoms with Crippen molar-refractivity contribution in [1.29, 1.82) is 0 Å². The summed E-state index contributed by atoms with van der Waals surface area (Å²) in [6, 6.07) is 0. The van der Waals surface area contributed by atoms with Crippen molar-refractivity contribution >= 4 is 17.7 Å². The highest BCUT2D eigenvalue weighted by Gasteiger charge is 2.68. The highest BCUT2D eigenvalue weighted by Crippen LogP contribution is 2.70. The van der Waals surface area contributed by atoms with E-state index < -0.39 is 0 Å². The Balaban J connectivity index is 1.59. The third-order valence-electron chi connectivity index (χ3n) is 9.45. The van der Waals surface area contributed by atoms with Crippen LogP contribution >= 0.6 is 0 Å². The van der Waals surface area contributed by atoms with E-state index in [1.807, 2.05) is 0 Å². The van der Waals surface area contributed by atoms with Crippen molar-refractivity contribution in [3.05, 3.63) is 23.8 Å². The lowest BCUT2D eigenvalue weighted by Crippen LogP contribution is -2.57. The van der Waals surface area contributed by atoms with E-state index in [4.69, 9.17) is 9.47 Å². The van der Waals surface area contributed by atoms with Gasteiger partial charge in [0.25, 0.3) is 0 Å². The van der Waals surface area contributed by atoms with E-state index in [-0.39, 0.29) is 46.0 Å². The number of carbonyl (C=O) groups excluding carboxylic acids is 3. The Bertz CT molecular complexity index is 855. The quantitative estimate of drug-likeness (QED) is 0.629. The lowest BCUT2D eigenvalue weighted by atomic mass is 9.45. The van der Waals surface area contributed by atoms with Gasteiger partial charge in [0.2, 0.25) is 0 Å². The number of rotatable bonds is 1. The minimum absolute atomic E-state index is 0.0119. The highest BCUT2D eigenvalue weighted by atomic mass is 16.6. The predicted molar refractivity (Wildman–Crippen MR) is 106 cm³/mol. The van der Waals surface area contributed by atoms with Gasteiger partial charge in [-0.2, -0.15) is 0 Å². The van der Waals surface area contributed by atoms with Gasteiger partial charge in [-0.1, -0.05) is 25.5 Å². The largest absolute Gasteiger partial charge is 0.469 e. The summed E-state index contributed by atoms with van der Waals surface area (Å²) in [7, 11) is 1.46. The standard InChI is InChI=1S/C24H30O5/c1-22-8-4-15(25)12-14(22)13-16(21(27)28-3)20-17(22)5-9-23(2)18(20)6-10-24(23)11-7-19(26)29-24/h4,8,12,16-18,20H,5-7,9-11,13H2,1-3H3/t16?,17-,18+,20+,22-,23-,24+/m0/s1. The molecule has 1 unspecified atom stereocenters. The molecular formula is C24H30O5. The van der Waals surface area contributed by atoms with Gasteiger partial charge < -0.3 is 9.47 Å². The molecule has 1 saturated heterocycles. The number of fused-ring (bicyclic) bond motifs is 6. The Morgan fingerprint density at radius 1 is 1.14 bits per heavy atom. The summed E-state index contributed by atoms with van der Waals surface area (Å²) in [5, 5.41) is 0. The molecular weight excluding hydrogens is 368 g/mol. The Morgan fingerprint density at radius 3 is 2.59 bits per heavy atom. The molecule has 4 fully saturated rings. The normalized spacial score (nSPS) is 47.9. The summed E-state index contributed by atoms with van der Waals surface area (Å²) < 4.78 is 11.2. The Hall–Kier alpha value is -1.91. The Kier molecular flexibility index (Phi) is 3.98. The summed E-state index contributed by atoms with van der Waals surface area (Å²) >= 11 is 0. The van der Waals surface area contributed by atoms with Crippen LogP contribution in [0.5, 0.6) is 0 Å². The number of allylic oxidation sites excluding steroid dienone is 4. The van der Waals surface area contributed by atoms with E-state index in [0.717, 1.165) is 37.7 Å². The molecule has 5 rings (SSSR count). The zero-order valence-electron chi connectivity index (χ0n) is 17.5. The minimum Gasteiger partial charge on any atom is -0.469 e. The molecule has 1 heterocycles. The maximum absolute atomic E-state index is 12.9. The number of ketones is 1. The van der Waals surface area contributed by atoms with Gasteiger partial charge in [0.15, 0.2) is 5.78 Å². The monoisotopic (exact) mass is 398 g/mol. The third kappa shape index (κ3) is 2.36. The highest BCUT2D eigenvalue weighted by molar-refractivity contribution is 6.01. The van der Waals surface area contributed by atoms with Crippen LogP contribution in [0.15, 0.2) is 23.8 Å². The average molecular weight is 398 g/mol. The molecule has 5 aliphatic rings. The zero-order chi connectivity index (χ0) is 20.6. The summed E-state index contributed by atoms with van der Waals surface area (Å²) in [5.74, 6) is 0.326. The van der Waals surface area contributed by atoms with Gasteiger partial charge in [0.1, 0.15) is 5.60 Å². The van der Waals surface area contributed by atoms with Crippen molar-refractivity contribution in [3.63, 3.8) is 0 Å². The van der Waals surface area contributed by atoms with Crippen LogP contribution in [-0.2, 0) is 23.9 Å². The molecule has 7 atom stereocenters. The van der Waals surface area contributed by atoms with Crippen LogP contribution < -0.4 is 0 Å². The first-order chi connectivity index (χ1) is 13.7.